The van der Waals surface area contributed by atoms with Crippen LogP contribution >= 0.6 is 0 Å². The highest BCUT2D eigenvalue weighted by Crippen LogP contribution is 2.23. The molecule has 0 aliphatic heterocycles. The van der Waals surface area contributed by atoms with Crippen LogP contribution in [0, 0.1) is 13.8 Å². The Morgan fingerprint density at radius 2 is 1.85 bits per heavy atom. The van der Waals surface area contributed by atoms with Gasteiger partial charge in [0.05, 0.1) is 18.0 Å². The normalized spacial score (nSPS) is 11.2. The molecule has 0 saturated carbocycles. The molecule has 0 aromatic heterocycles. The maximum Gasteiger partial charge on any atom is 0.262 e. The highest BCUT2D eigenvalue weighted by molar-refractivity contribution is 7.92. The van der Waals surface area contributed by atoms with Crippen LogP contribution in [0.25, 0.3) is 0 Å². The van der Waals surface area contributed by atoms with E-state index in [-0.39, 0.29) is 17.3 Å². The van der Waals surface area contributed by atoms with Gasteiger partial charge in [0.2, 0.25) is 5.91 Å². The zero-order valence-corrected chi connectivity index (χ0v) is 16.5. The third-order valence-electron chi connectivity index (χ3n) is 3.80. The Bertz CT molecular complexity index is 898. The molecule has 0 saturated heterocycles. The van der Waals surface area contributed by atoms with Gasteiger partial charge < -0.3 is 15.4 Å². The van der Waals surface area contributed by atoms with Gasteiger partial charge in [0, 0.05) is 25.0 Å². The number of amides is 1. The minimum Gasteiger partial charge on any atom is -0.383 e. The van der Waals surface area contributed by atoms with Crippen molar-refractivity contribution in [2.45, 2.75) is 18.7 Å². The zero-order chi connectivity index (χ0) is 19.9. The molecular weight excluding hydrogens is 366 g/mol. The van der Waals surface area contributed by atoms with Crippen molar-refractivity contribution in [1.82, 2.24) is 5.32 Å². The summed E-state index contributed by atoms with van der Waals surface area (Å²) in [6.07, 6.45) is 0. The summed E-state index contributed by atoms with van der Waals surface area (Å²) in [6, 6.07) is 11.9. The van der Waals surface area contributed by atoms with Crippen LogP contribution in [0.3, 0.4) is 0 Å². The summed E-state index contributed by atoms with van der Waals surface area (Å²) in [5.74, 6) is -0.259. The second-order valence-corrected chi connectivity index (χ2v) is 7.82. The SMILES string of the molecule is COCCNCC(=O)Nc1ccc(C)c(S(=O)(=O)Nc2cccc(C)c2)c1. The number of anilines is 2. The fourth-order valence-corrected chi connectivity index (χ4v) is 3.79. The summed E-state index contributed by atoms with van der Waals surface area (Å²) in [6.45, 7) is 4.77. The topological polar surface area (TPSA) is 96.5 Å². The number of benzene rings is 2. The van der Waals surface area contributed by atoms with Crippen LogP contribution in [0.15, 0.2) is 47.4 Å². The quantitative estimate of drug-likeness (QED) is 0.570. The second-order valence-electron chi connectivity index (χ2n) is 6.17. The summed E-state index contributed by atoms with van der Waals surface area (Å²) in [7, 11) is -2.19. The molecule has 2 rings (SSSR count). The van der Waals surface area contributed by atoms with E-state index >= 15 is 0 Å². The molecule has 27 heavy (non-hydrogen) atoms. The maximum absolute atomic E-state index is 12.8. The molecule has 3 N–H and O–H groups in total. The lowest BCUT2D eigenvalue weighted by molar-refractivity contribution is -0.115. The van der Waals surface area contributed by atoms with Crippen molar-refractivity contribution in [3.63, 3.8) is 0 Å². The monoisotopic (exact) mass is 391 g/mol. The van der Waals surface area contributed by atoms with Gasteiger partial charge in [-0.2, -0.15) is 0 Å². The van der Waals surface area contributed by atoms with Gasteiger partial charge in [-0.3, -0.25) is 9.52 Å². The fourth-order valence-electron chi connectivity index (χ4n) is 2.47. The molecule has 2 aromatic carbocycles. The number of sulfonamides is 1. The number of hydrogen-bond donors (Lipinski definition) is 3. The zero-order valence-electron chi connectivity index (χ0n) is 15.7. The largest absolute Gasteiger partial charge is 0.383 e. The van der Waals surface area contributed by atoms with Crippen LogP contribution in [-0.2, 0) is 19.6 Å². The van der Waals surface area contributed by atoms with E-state index in [0.717, 1.165) is 5.56 Å². The lowest BCUT2D eigenvalue weighted by Gasteiger charge is -2.13. The number of hydrogen-bond acceptors (Lipinski definition) is 5. The van der Waals surface area contributed by atoms with Crippen LogP contribution < -0.4 is 15.4 Å². The van der Waals surface area contributed by atoms with Gasteiger partial charge in [0.15, 0.2) is 0 Å². The van der Waals surface area contributed by atoms with E-state index in [9.17, 15) is 13.2 Å². The van der Waals surface area contributed by atoms with E-state index in [2.05, 4.69) is 15.4 Å². The maximum atomic E-state index is 12.8. The van der Waals surface area contributed by atoms with Gasteiger partial charge in [0.1, 0.15) is 0 Å². The first-order valence-electron chi connectivity index (χ1n) is 8.51. The smallest absolute Gasteiger partial charge is 0.262 e. The third-order valence-corrected chi connectivity index (χ3v) is 5.32. The molecule has 0 heterocycles. The lowest BCUT2D eigenvalue weighted by atomic mass is 10.2. The van der Waals surface area contributed by atoms with Gasteiger partial charge in [-0.15, -0.1) is 0 Å². The molecule has 0 radical (unpaired) electrons. The van der Waals surface area contributed by atoms with Gasteiger partial charge in [-0.1, -0.05) is 18.2 Å². The number of aryl methyl sites for hydroxylation is 2. The molecule has 8 heteroatoms. The molecule has 0 atom stereocenters. The standard InChI is InChI=1S/C19H25N3O4S/c1-14-5-4-6-17(11-14)22-27(24,25)18-12-16(8-7-15(18)2)21-19(23)13-20-9-10-26-3/h4-8,11-12,20,22H,9-10,13H2,1-3H3,(H,21,23). The van der Waals surface area contributed by atoms with E-state index in [4.69, 9.17) is 4.74 Å². The highest BCUT2D eigenvalue weighted by Gasteiger charge is 2.18. The summed E-state index contributed by atoms with van der Waals surface area (Å²) >= 11 is 0. The molecule has 1 amide bonds. The molecule has 0 aliphatic carbocycles. The van der Waals surface area contributed by atoms with Crippen LogP contribution in [0.2, 0.25) is 0 Å². The summed E-state index contributed by atoms with van der Waals surface area (Å²) in [5, 5.41) is 5.63. The molecule has 0 bridgehead atoms. The van der Waals surface area contributed by atoms with Crippen molar-refractivity contribution in [2.75, 3.05) is 36.8 Å². The molecule has 7 nitrogen and oxygen atoms in total. The Kier molecular flexibility index (Phi) is 7.35. The molecular formula is C19H25N3O4S. The lowest BCUT2D eigenvalue weighted by Crippen LogP contribution is -2.30. The van der Waals surface area contributed by atoms with Crippen molar-refractivity contribution in [2.24, 2.45) is 0 Å². The summed E-state index contributed by atoms with van der Waals surface area (Å²) < 4.78 is 33.0. The van der Waals surface area contributed by atoms with Crippen LogP contribution in [-0.4, -0.2) is 41.1 Å². The first-order valence-corrected chi connectivity index (χ1v) is 10.00. The Morgan fingerprint density at radius 1 is 1.07 bits per heavy atom. The van der Waals surface area contributed by atoms with E-state index in [0.29, 0.717) is 30.1 Å². The Morgan fingerprint density at radius 3 is 2.56 bits per heavy atom. The number of methoxy groups -OCH3 is 1. The van der Waals surface area contributed by atoms with Crippen LogP contribution in [0.4, 0.5) is 11.4 Å². The molecule has 146 valence electrons. The number of carbonyl (C=O) groups is 1. The minimum atomic E-state index is -3.78. The van der Waals surface area contributed by atoms with Crippen molar-refractivity contribution in [3.8, 4) is 0 Å². The van der Waals surface area contributed by atoms with E-state index in [1.165, 1.54) is 6.07 Å². The van der Waals surface area contributed by atoms with Crippen molar-refractivity contribution in [1.29, 1.82) is 0 Å². The highest BCUT2D eigenvalue weighted by atomic mass is 32.2. The number of carbonyl (C=O) groups excluding carboxylic acids is 1. The average Bonchev–Trinajstić information content (AvgIpc) is 2.60. The van der Waals surface area contributed by atoms with Gasteiger partial charge in [0.25, 0.3) is 10.0 Å². The van der Waals surface area contributed by atoms with E-state index in [1.807, 2.05) is 13.0 Å². The van der Waals surface area contributed by atoms with Crippen molar-refractivity contribution >= 4 is 27.3 Å². The summed E-state index contributed by atoms with van der Waals surface area (Å²) in [5.41, 5.74) is 2.45. The van der Waals surface area contributed by atoms with Crippen LogP contribution in [0.1, 0.15) is 11.1 Å². The van der Waals surface area contributed by atoms with Crippen LogP contribution in [0.5, 0.6) is 0 Å². The average molecular weight is 391 g/mol. The number of ether oxygens (including phenoxy) is 1. The third kappa shape index (κ3) is 6.35. The molecule has 0 aliphatic rings. The van der Waals surface area contributed by atoms with Gasteiger partial charge >= 0.3 is 0 Å². The van der Waals surface area contributed by atoms with E-state index in [1.54, 1.807) is 44.4 Å². The Labute approximate surface area is 160 Å². The predicted octanol–water partition coefficient (Wildman–Crippen LogP) is 2.28. The van der Waals surface area contributed by atoms with Gasteiger partial charge in [-0.25, -0.2) is 8.42 Å². The number of nitrogens with one attached hydrogen (secondary N) is 3. The van der Waals surface area contributed by atoms with Crippen molar-refractivity contribution < 1.29 is 17.9 Å². The minimum absolute atomic E-state index is 0.112. The fraction of sp³-hybridized carbons (Fsp3) is 0.316. The number of rotatable bonds is 9. The van der Waals surface area contributed by atoms with E-state index < -0.39 is 10.0 Å². The molecule has 0 fully saturated rings. The molecule has 2 aromatic rings. The first-order chi connectivity index (χ1) is 12.8. The van der Waals surface area contributed by atoms with Crippen molar-refractivity contribution in [3.05, 3.63) is 53.6 Å². The Hall–Kier alpha value is -2.42. The summed E-state index contributed by atoms with van der Waals surface area (Å²) in [4.78, 5) is 12.1. The Balaban J connectivity index is 2.12. The molecule has 0 spiro atoms. The second kappa shape index (κ2) is 9.50. The van der Waals surface area contributed by atoms with Gasteiger partial charge in [-0.05, 0) is 49.2 Å². The molecule has 0 unspecified atom stereocenters. The first kappa shape index (κ1) is 20.9. The predicted molar refractivity (Wildman–Crippen MR) is 107 cm³/mol.